The molecule has 0 saturated heterocycles. The number of ether oxygens (including phenoxy) is 1. The normalized spacial score (nSPS) is 15.8. The smallest absolute Gasteiger partial charge is 0.259 e. The van der Waals surface area contributed by atoms with E-state index in [1.807, 2.05) is 43.5 Å². The summed E-state index contributed by atoms with van der Waals surface area (Å²) < 4.78 is 7.88. The Kier molecular flexibility index (Phi) is 8.58. The molecule has 1 heterocycles. The number of carbonyl (C=O) groups excluding carboxylic acids is 1. The van der Waals surface area contributed by atoms with E-state index in [9.17, 15) is 4.79 Å². The van der Waals surface area contributed by atoms with E-state index < -0.39 is 0 Å². The lowest BCUT2D eigenvalue weighted by Gasteiger charge is -2.33. The molecule has 0 fully saturated rings. The van der Waals surface area contributed by atoms with Gasteiger partial charge in [-0.15, -0.1) is 11.3 Å². The largest absolute Gasteiger partial charge is 0.492 e. The number of carbonyl (C=O) groups is 1. The lowest BCUT2D eigenvalue weighted by atomic mass is 9.72. The van der Waals surface area contributed by atoms with Crippen LogP contribution < -0.4 is 10.1 Å². The molecule has 0 bridgehead atoms. The Balaban J connectivity index is 1.70. The maximum Gasteiger partial charge on any atom is 0.259 e. The molecule has 1 amide bonds. The number of fused-ring (bicyclic) bond motifs is 1. The second kappa shape index (κ2) is 11.3. The summed E-state index contributed by atoms with van der Waals surface area (Å²) in [5.74, 6) is 1.43. The molecule has 4 nitrogen and oxygen atoms in total. The van der Waals surface area contributed by atoms with Crippen LogP contribution in [0.2, 0.25) is 0 Å². The Bertz CT molecular complexity index is 1220. The van der Waals surface area contributed by atoms with E-state index in [0.717, 1.165) is 54.0 Å². The SMILES string of the molecule is CCOc1c(I)cc(C=Nc2sc3c(c2C(=O)Nc2ccccc2)CC[C@H](C(C)(C)C)C3)cc1I. The standard InChI is InChI=1S/C28H30I2N2O2S/c1-5-34-25-21(29)13-17(14-22(25)30)16-31-27-24(26(33)32-19-9-7-6-8-10-19)20-12-11-18(28(2,3)4)15-23(20)35-27/h6-10,13-14,16,18H,5,11-12,15H2,1-4H3,(H,32,33)/t18-/m0/s1. The zero-order valence-electron chi connectivity index (χ0n) is 20.5. The van der Waals surface area contributed by atoms with Crippen LogP contribution in [-0.2, 0) is 12.8 Å². The Morgan fingerprint density at radius 2 is 1.89 bits per heavy atom. The van der Waals surface area contributed by atoms with Gasteiger partial charge in [-0.05, 0) is 118 Å². The number of rotatable bonds is 6. The second-order valence-electron chi connectivity index (χ2n) is 9.81. The number of thiophene rings is 1. The molecule has 184 valence electrons. The van der Waals surface area contributed by atoms with Gasteiger partial charge in [-0.3, -0.25) is 4.79 Å². The fourth-order valence-electron chi connectivity index (χ4n) is 4.42. The van der Waals surface area contributed by atoms with Crippen molar-refractivity contribution in [2.24, 2.45) is 16.3 Å². The summed E-state index contributed by atoms with van der Waals surface area (Å²) in [5, 5.41) is 3.88. The van der Waals surface area contributed by atoms with Gasteiger partial charge in [0.2, 0.25) is 0 Å². The van der Waals surface area contributed by atoms with Gasteiger partial charge in [-0.1, -0.05) is 39.0 Å². The van der Waals surface area contributed by atoms with E-state index >= 15 is 0 Å². The van der Waals surface area contributed by atoms with Gasteiger partial charge in [0, 0.05) is 16.8 Å². The first-order chi connectivity index (χ1) is 16.7. The van der Waals surface area contributed by atoms with Crippen LogP contribution >= 0.6 is 56.5 Å². The third-order valence-corrected chi connectivity index (χ3v) is 9.14. The number of aliphatic imine (C=N–C) groups is 1. The van der Waals surface area contributed by atoms with Crippen molar-refractivity contribution >= 4 is 79.3 Å². The van der Waals surface area contributed by atoms with Crippen molar-refractivity contribution in [3.8, 4) is 5.75 Å². The van der Waals surface area contributed by atoms with Crippen molar-refractivity contribution < 1.29 is 9.53 Å². The summed E-state index contributed by atoms with van der Waals surface area (Å²) in [6, 6.07) is 13.8. The maximum atomic E-state index is 13.5. The Morgan fingerprint density at radius 1 is 1.20 bits per heavy atom. The third-order valence-electron chi connectivity index (χ3n) is 6.37. The number of amides is 1. The van der Waals surface area contributed by atoms with Crippen LogP contribution in [0.3, 0.4) is 0 Å². The Morgan fingerprint density at radius 3 is 2.51 bits per heavy atom. The van der Waals surface area contributed by atoms with Crippen LogP contribution in [0.1, 0.15) is 60.5 Å². The van der Waals surface area contributed by atoms with E-state index in [1.54, 1.807) is 11.3 Å². The van der Waals surface area contributed by atoms with Gasteiger partial charge in [0.15, 0.2) is 0 Å². The van der Waals surface area contributed by atoms with Gasteiger partial charge in [-0.2, -0.15) is 0 Å². The summed E-state index contributed by atoms with van der Waals surface area (Å²) in [6.07, 6.45) is 4.89. The molecular formula is C28H30I2N2O2S. The highest BCUT2D eigenvalue weighted by Crippen LogP contribution is 2.45. The molecule has 0 spiro atoms. The van der Waals surface area contributed by atoms with E-state index in [1.165, 1.54) is 10.4 Å². The highest BCUT2D eigenvalue weighted by atomic mass is 127. The Hall–Kier alpha value is -1.46. The highest BCUT2D eigenvalue weighted by Gasteiger charge is 2.33. The number of halogens is 2. The van der Waals surface area contributed by atoms with Crippen molar-refractivity contribution in [2.75, 3.05) is 11.9 Å². The van der Waals surface area contributed by atoms with E-state index in [-0.39, 0.29) is 11.3 Å². The number of hydrogen-bond donors (Lipinski definition) is 1. The van der Waals surface area contributed by atoms with Gasteiger partial charge in [0.1, 0.15) is 10.8 Å². The number of hydrogen-bond acceptors (Lipinski definition) is 4. The molecule has 3 aromatic rings. The minimum absolute atomic E-state index is 0.0779. The summed E-state index contributed by atoms with van der Waals surface area (Å²) >= 11 is 6.28. The molecule has 1 aromatic heterocycles. The second-order valence-corrected chi connectivity index (χ2v) is 13.2. The van der Waals surface area contributed by atoms with Crippen LogP contribution in [0.25, 0.3) is 0 Å². The lowest BCUT2D eigenvalue weighted by Crippen LogP contribution is -2.27. The lowest BCUT2D eigenvalue weighted by molar-refractivity contribution is 0.102. The van der Waals surface area contributed by atoms with E-state index in [4.69, 9.17) is 9.73 Å². The molecule has 2 aromatic carbocycles. The number of nitrogens with zero attached hydrogens (tertiary/aromatic N) is 1. The molecule has 4 rings (SSSR count). The summed E-state index contributed by atoms with van der Waals surface area (Å²) in [7, 11) is 0. The van der Waals surface area contributed by atoms with Crippen molar-refractivity contribution in [2.45, 2.75) is 47.0 Å². The Labute approximate surface area is 239 Å². The molecule has 1 aliphatic carbocycles. The minimum atomic E-state index is -0.0779. The van der Waals surface area contributed by atoms with Gasteiger partial charge in [0.05, 0.1) is 19.3 Å². The van der Waals surface area contributed by atoms with Crippen molar-refractivity contribution in [3.05, 3.63) is 71.2 Å². The molecule has 35 heavy (non-hydrogen) atoms. The van der Waals surface area contributed by atoms with E-state index in [2.05, 4.69) is 83.4 Å². The van der Waals surface area contributed by atoms with Crippen LogP contribution in [-0.4, -0.2) is 18.7 Å². The van der Waals surface area contributed by atoms with Crippen LogP contribution in [0.5, 0.6) is 5.75 Å². The minimum Gasteiger partial charge on any atom is -0.492 e. The first-order valence-corrected chi connectivity index (χ1v) is 14.8. The fourth-order valence-corrected chi connectivity index (χ4v) is 7.82. The molecular weight excluding hydrogens is 682 g/mol. The molecule has 7 heteroatoms. The zero-order valence-corrected chi connectivity index (χ0v) is 25.6. The average molecular weight is 712 g/mol. The first-order valence-electron chi connectivity index (χ1n) is 11.8. The van der Waals surface area contributed by atoms with Crippen molar-refractivity contribution in [3.63, 3.8) is 0 Å². The molecule has 0 radical (unpaired) electrons. The molecule has 1 atom stereocenters. The molecule has 0 unspecified atom stereocenters. The average Bonchev–Trinajstić information content (AvgIpc) is 3.18. The molecule has 1 N–H and O–H groups in total. The van der Waals surface area contributed by atoms with Gasteiger partial charge in [-0.25, -0.2) is 4.99 Å². The molecule has 1 aliphatic rings. The predicted molar refractivity (Wildman–Crippen MR) is 164 cm³/mol. The fraction of sp³-hybridized carbons (Fsp3) is 0.357. The number of nitrogens with one attached hydrogen (secondary N) is 1. The summed E-state index contributed by atoms with van der Waals surface area (Å²) in [6.45, 7) is 9.57. The van der Waals surface area contributed by atoms with Gasteiger partial charge in [0.25, 0.3) is 5.91 Å². The van der Waals surface area contributed by atoms with Crippen LogP contribution in [0, 0.1) is 18.5 Å². The van der Waals surface area contributed by atoms with Gasteiger partial charge >= 0.3 is 0 Å². The zero-order chi connectivity index (χ0) is 25.2. The van der Waals surface area contributed by atoms with E-state index in [0.29, 0.717) is 12.5 Å². The quantitative estimate of drug-likeness (QED) is 0.206. The number of para-hydroxylation sites is 1. The summed E-state index contributed by atoms with van der Waals surface area (Å²) in [5.41, 5.74) is 3.94. The number of anilines is 1. The molecule has 0 saturated carbocycles. The van der Waals surface area contributed by atoms with Crippen molar-refractivity contribution in [1.29, 1.82) is 0 Å². The summed E-state index contributed by atoms with van der Waals surface area (Å²) in [4.78, 5) is 19.7. The molecule has 0 aliphatic heterocycles. The van der Waals surface area contributed by atoms with Crippen molar-refractivity contribution in [1.82, 2.24) is 0 Å². The first kappa shape index (κ1) is 26.6. The van der Waals surface area contributed by atoms with Crippen LogP contribution in [0.15, 0.2) is 47.5 Å². The predicted octanol–water partition coefficient (Wildman–Crippen LogP) is 8.51. The van der Waals surface area contributed by atoms with Crippen LogP contribution in [0.4, 0.5) is 10.7 Å². The van der Waals surface area contributed by atoms with Gasteiger partial charge < -0.3 is 10.1 Å². The topological polar surface area (TPSA) is 50.7 Å². The third kappa shape index (κ3) is 6.28. The maximum absolute atomic E-state index is 13.5. The monoisotopic (exact) mass is 712 g/mol. The number of benzene rings is 2. The highest BCUT2D eigenvalue weighted by molar-refractivity contribution is 14.1.